The molecule has 4 rings (SSSR count). The van der Waals surface area contributed by atoms with E-state index >= 15 is 0 Å². The van der Waals surface area contributed by atoms with E-state index in [0.29, 0.717) is 25.9 Å². The largest absolute Gasteiger partial charge is 0.466 e. The van der Waals surface area contributed by atoms with Crippen LogP contribution in [0.5, 0.6) is 0 Å². The van der Waals surface area contributed by atoms with Crippen LogP contribution in [0.4, 0.5) is 0 Å². The molecule has 4 atom stereocenters. The van der Waals surface area contributed by atoms with Crippen molar-refractivity contribution in [2.75, 3.05) is 6.61 Å². The molecule has 2 aromatic carbocycles. The smallest absolute Gasteiger partial charge is 0.306 e. The Morgan fingerprint density at radius 2 is 1.61 bits per heavy atom. The van der Waals surface area contributed by atoms with Crippen molar-refractivity contribution in [1.82, 2.24) is 0 Å². The van der Waals surface area contributed by atoms with Crippen LogP contribution < -0.4 is 10.4 Å². The summed E-state index contributed by atoms with van der Waals surface area (Å²) in [6.07, 6.45) is 1.57. The third-order valence-electron chi connectivity index (χ3n) is 7.16. The summed E-state index contributed by atoms with van der Waals surface area (Å²) in [5, 5.41) is 2.33. The molecule has 1 aliphatic heterocycles. The minimum atomic E-state index is -2.73. The average Bonchev–Trinajstić information content (AvgIpc) is 3.28. The van der Waals surface area contributed by atoms with Gasteiger partial charge in [-0.2, -0.15) is 0 Å². The standard InChI is InChI=1S/C27H34O5Si/c1-19(28)30-16-15-22-23-17-26(29)31-24(23)18-25(22)32-33(27(2,3)4,20-11-7-5-8-12-20)21-13-9-6-10-14-21/h5-14,22-25H,15-18H2,1-4H3/t22-,23-,24+,25-/m1/s1. The van der Waals surface area contributed by atoms with Gasteiger partial charge in [-0.15, -0.1) is 0 Å². The van der Waals surface area contributed by atoms with Crippen LogP contribution in [0.1, 0.15) is 47.0 Å². The van der Waals surface area contributed by atoms with E-state index in [0.717, 1.165) is 0 Å². The van der Waals surface area contributed by atoms with Gasteiger partial charge in [0.2, 0.25) is 0 Å². The van der Waals surface area contributed by atoms with E-state index in [1.54, 1.807) is 0 Å². The van der Waals surface area contributed by atoms with Gasteiger partial charge in [0.25, 0.3) is 8.32 Å². The Labute approximate surface area is 197 Å². The summed E-state index contributed by atoms with van der Waals surface area (Å²) < 4.78 is 18.3. The molecule has 0 aromatic heterocycles. The van der Waals surface area contributed by atoms with Crippen molar-refractivity contribution in [2.24, 2.45) is 11.8 Å². The van der Waals surface area contributed by atoms with Crippen LogP contribution in [-0.4, -0.2) is 39.1 Å². The fraction of sp³-hybridized carbons (Fsp3) is 0.481. The lowest BCUT2D eigenvalue weighted by atomic mass is 9.90. The Hall–Kier alpha value is -2.44. The molecule has 0 radical (unpaired) electrons. The number of fused-ring (bicyclic) bond motifs is 1. The first-order valence-electron chi connectivity index (χ1n) is 11.8. The second kappa shape index (κ2) is 9.43. The van der Waals surface area contributed by atoms with Gasteiger partial charge in [0.15, 0.2) is 0 Å². The topological polar surface area (TPSA) is 61.8 Å². The number of ether oxygens (including phenoxy) is 2. The zero-order chi connectivity index (χ0) is 23.6. The first-order valence-corrected chi connectivity index (χ1v) is 13.7. The van der Waals surface area contributed by atoms with E-state index in [1.807, 2.05) is 12.1 Å². The fourth-order valence-corrected chi connectivity index (χ4v) is 10.5. The molecule has 1 saturated carbocycles. The molecule has 2 aromatic rings. The second-order valence-corrected chi connectivity index (χ2v) is 14.5. The molecule has 1 aliphatic carbocycles. The van der Waals surface area contributed by atoms with Gasteiger partial charge in [-0.05, 0) is 27.8 Å². The van der Waals surface area contributed by atoms with Crippen molar-refractivity contribution in [3.05, 3.63) is 60.7 Å². The molecule has 33 heavy (non-hydrogen) atoms. The van der Waals surface area contributed by atoms with Crippen LogP contribution in [0.25, 0.3) is 0 Å². The highest BCUT2D eigenvalue weighted by atomic mass is 28.4. The summed E-state index contributed by atoms with van der Waals surface area (Å²) in [6, 6.07) is 21.2. The maximum Gasteiger partial charge on any atom is 0.306 e. The van der Waals surface area contributed by atoms with Gasteiger partial charge in [0, 0.05) is 19.3 Å². The Morgan fingerprint density at radius 3 is 2.12 bits per heavy atom. The molecule has 0 spiro atoms. The molecule has 5 nitrogen and oxygen atoms in total. The molecular formula is C27H34O5Si. The molecule has 2 fully saturated rings. The van der Waals surface area contributed by atoms with Crippen LogP contribution in [0.2, 0.25) is 5.04 Å². The number of benzene rings is 2. The number of hydrogen-bond acceptors (Lipinski definition) is 5. The molecular weight excluding hydrogens is 432 g/mol. The van der Waals surface area contributed by atoms with Crippen LogP contribution in [0, 0.1) is 11.8 Å². The number of carbonyl (C=O) groups is 2. The van der Waals surface area contributed by atoms with Crippen molar-refractivity contribution in [3.63, 3.8) is 0 Å². The summed E-state index contributed by atoms with van der Waals surface area (Å²) in [6.45, 7) is 8.56. The zero-order valence-electron chi connectivity index (χ0n) is 20.0. The lowest BCUT2D eigenvalue weighted by Gasteiger charge is -2.45. The van der Waals surface area contributed by atoms with Gasteiger partial charge >= 0.3 is 11.9 Å². The van der Waals surface area contributed by atoms with E-state index < -0.39 is 8.32 Å². The molecule has 176 valence electrons. The summed E-state index contributed by atoms with van der Waals surface area (Å²) in [5.74, 6) is -0.210. The van der Waals surface area contributed by atoms with Gasteiger partial charge < -0.3 is 13.9 Å². The van der Waals surface area contributed by atoms with E-state index in [1.165, 1.54) is 17.3 Å². The SMILES string of the molecule is CC(=O)OCC[C@@H]1[C@H]2CC(=O)O[C@H]2C[C@H]1O[Si](c1ccccc1)(c1ccccc1)C(C)(C)C. The Morgan fingerprint density at radius 1 is 1.03 bits per heavy atom. The van der Waals surface area contributed by atoms with Crippen molar-refractivity contribution in [3.8, 4) is 0 Å². The molecule has 1 saturated heterocycles. The summed E-state index contributed by atoms with van der Waals surface area (Å²) in [5.41, 5.74) is 0. The van der Waals surface area contributed by atoms with E-state index in [4.69, 9.17) is 13.9 Å². The average molecular weight is 467 g/mol. The highest BCUT2D eigenvalue weighted by molar-refractivity contribution is 6.99. The quantitative estimate of drug-likeness (QED) is 0.458. The van der Waals surface area contributed by atoms with Crippen LogP contribution in [0.15, 0.2) is 60.7 Å². The van der Waals surface area contributed by atoms with E-state index in [9.17, 15) is 9.59 Å². The third kappa shape index (κ3) is 4.64. The number of hydrogen-bond donors (Lipinski definition) is 0. The molecule has 0 amide bonds. The lowest BCUT2D eigenvalue weighted by Crippen LogP contribution is -2.68. The maximum absolute atomic E-state index is 12.0. The highest BCUT2D eigenvalue weighted by Gasteiger charge is 2.57. The normalized spacial score (nSPS) is 24.9. The first kappa shape index (κ1) is 23.7. The first-order chi connectivity index (χ1) is 15.7. The predicted molar refractivity (Wildman–Crippen MR) is 130 cm³/mol. The van der Waals surface area contributed by atoms with Crippen molar-refractivity contribution < 1.29 is 23.5 Å². The minimum Gasteiger partial charge on any atom is -0.466 e. The summed E-state index contributed by atoms with van der Waals surface area (Å²) in [4.78, 5) is 23.4. The molecule has 0 bridgehead atoms. The van der Waals surface area contributed by atoms with Crippen LogP contribution in [-0.2, 0) is 23.5 Å². The number of carbonyl (C=O) groups excluding carboxylic acids is 2. The Balaban J connectivity index is 1.75. The van der Waals surface area contributed by atoms with Crippen molar-refractivity contribution in [1.29, 1.82) is 0 Å². The molecule has 1 heterocycles. The molecule has 6 heteroatoms. The minimum absolute atomic E-state index is 0.0741. The maximum atomic E-state index is 12.0. The Bertz CT molecular complexity index is 930. The second-order valence-electron chi connectivity index (χ2n) is 10.2. The van der Waals surface area contributed by atoms with E-state index in [2.05, 4.69) is 69.3 Å². The van der Waals surface area contributed by atoms with Gasteiger partial charge in [0.05, 0.1) is 19.1 Å². The van der Waals surface area contributed by atoms with Gasteiger partial charge in [-0.25, -0.2) is 0 Å². The van der Waals surface area contributed by atoms with E-state index in [-0.39, 0.29) is 41.0 Å². The summed E-state index contributed by atoms with van der Waals surface area (Å²) in [7, 11) is -2.73. The monoisotopic (exact) mass is 466 g/mol. The van der Waals surface area contributed by atoms with Gasteiger partial charge in [-0.3, -0.25) is 9.59 Å². The fourth-order valence-electron chi connectivity index (χ4n) is 5.75. The number of rotatable bonds is 7. The third-order valence-corrected chi connectivity index (χ3v) is 12.2. The molecule has 2 aliphatic rings. The highest BCUT2D eigenvalue weighted by Crippen LogP contribution is 2.47. The van der Waals surface area contributed by atoms with Crippen LogP contribution >= 0.6 is 0 Å². The Kier molecular flexibility index (Phi) is 6.77. The number of esters is 2. The molecule has 0 unspecified atom stereocenters. The van der Waals surface area contributed by atoms with Gasteiger partial charge in [0.1, 0.15) is 6.10 Å². The summed E-state index contributed by atoms with van der Waals surface area (Å²) >= 11 is 0. The lowest BCUT2D eigenvalue weighted by molar-refractivity contribution is -0.143. The van der Waals surface area contributed by atoms with Crippen LogP contribution in [0.3, 0.4) is 0 Å². The van der Waals surface area contributed by atoms with Gasteiger partial charge in [-0.1, -0.05) is 81.4 Å². The zero-order valence-corrected chi connectivity index (χ0v) is 21.0. The molecule has 0 N–H and O–H groups in total. The van der Waals surface area contributed by atoms with Crippen molar-refractivity contribution >= 4 is 30.6 Å². The predicted octanol–water partition coefficient (Wildman–Crippen LogP) is 3.84. The van der Waals surface area contributed by atoms with Crippen molar-refractivity contribution in [2.45, 2.75) is 64.2 Å².